The number of nitrogens with zero attached hydrogens (tertiary/aromatic N) is 3. The minimum atomic E-state index is -0.983. The lowest BCUT2D eigenvalue weighted by molar-refractivity contribution is -0.158. The topological polar surface area (TPSA) is 148 Å². The Hall–Kier alpha value is -6.21. The van der Waals surface area contributed by atoms with E-state index < -0.39 is 29.3 Å². The van der Waals surface area contributed by atoms with Crippen LogP contribution in [0.2, 0.25) is 0 Å². The van der Waals surface area contributed by atoms with E-state index in [1.54, 1.807) is 18.2 Å². The first kappa shape index (κ1) is 48.3. The van der Waals surface area contributed by atoms with Crippen LogP contribution >= 0.6 is 0 Å². The first-order valence-corrected chi connectivity index (χ1v) is 22.5. The van der Waals surface area contributed by atoms with Crippen LogP contribution in [-0.4, -0.2) is 83.1 Å². The van der Waals surface area contributed by atoms with Crippen molar-refractivity contribution >= 4 is 35.0 Å². The van der Waals surface area contributed by atoms with Crippen molar-refractivity contribution < 1.29 is 42.9 Å². The van der Waals surface area contributed by atoms with Gasteiger partial charge >= 0.3 is 24.1 Å². The summed E-state index contributed by atoms with van der Waals surface area (Å²) >= 11 is 0. The molecule has 13 nitrogen and oxygen atoms in total. The standard InChI is InChI=1S/C52H64N4O9/c1-10-56-44-24-23-39(38-21-14-19-36(27-38)28-43(48(58)62-9)54-49(59)63-33-35-17-12-11-13-18-35)30-41(44)42(47(56)40-22-15-25-53-46(40)34(2)61-8)31-52(6,7)64-45(57)29-37-20-16-26-55(32-37)50(60)65-51(3,4)5/h11-15,17-19,21-25,27,30,34,37,43H,10,16,20,26,28-29,31-33H2,1-9H3,(H,54,59)/t34-,37-,43-/m0/s1. The maximum atomic E-state index is 13.8. The minimum Gasteiger partial charge on any atom is -0.467 e. The first-order chi connectivity index (χ1) is 31.0. The molecule has 3 atom stereocenters. The van der Waals surface area contributed by atoms with Gasteiger partial charge in [-0.15, -0.1) is 0 Å². The van der Waals surface area contributed by atoms with Gasteiger partial charge in [0.2, 0.25) is 0 Å². The van der Waals surface area contributed by atoms with Crippen molar-refractivity contribution in [1.82, 2.24) is 19.8 Å². The fraction of sp³-hybridized carbons (Fsp3) is 0.442. The van der Waals surface area contributed by atoms with E-state index in [4.69, 9.17) is 28.7 Å². The predicted octanol–water partition coefficient (Wildman–Crippen LogP) is 10.0. The molecule has 1 N–H and O–H groups in total. The van der Waals surface area contributed by atoms with Gasteiger partial charge in [-0.25, -0.2) is 14.4 Å². The summed E-state index contributed by atoms with van der Waals surface area (Å²) in [5.74, 6) is -0.950. The molecule has 0 radical (unpaired) electrons. The molecule has 346 valence electrons. The molecule has 0 aliphatic carbocycles. The lowest BCUT2D eigenvalue weighted by Gasteiger charge is -2.34. The Morgan fingerprint density at radius 2 is 1.62 bits per heavy atom. The number of alkyl carbamates (subject to hydrolysis) is 1. The van der Waals surface area contributed by atoms with Gasteiger partial charge in [0, 0.05) is 62.2 Å². The molecule has 1 saturated heterocycles. The third-order valence-electron chi connectivity index (χ3n) is 11.6. The Labute approximate surface area is 382 Å². The summed E-state index contributed by atoms with van der Waals surface area (Å²) < 4.78 is 30.6. The van der Waals surface area contributed by atoms with E-state index in [-0.39, 0.29) is 43.5 Å². The van der Waals surface area contributed by atoms with Crippen molar-refractivity contribution in [2.75, 3.05) is 27.3 Å². The average Bonchev–Trinajstić information content (AvgIpc) is 3.58. The summed E-state index contributed by atoms with van der Waals surface area (Å²) in [6.45, 7) is 15.3. The first-order valence-electron chi connectivity index (χ1n) is 22.5. The van der Waals surface area contributed by atoms with Gasteiger partial charge in [0.1, 0.15) is 23.9 Å². The van der Waals surface area contributed by atoms with Gasteiger partial charge in [-0.2, -0.15) is 0 Å². The number of methoxy groups -OCH3 is 2. The number of carbonyl (C=O) groups excluding carboxylic acids is 4. The van der Waals surface area contributed by atoms with E-state index in [0.717, 1.165) is 68.5 Å². The highest BCUT2D eigenvalue weighted by Gasteiger charge is 2.33. The number of amides is 2. The zero-order chi connectivity index (χ0) is 46.9. The molecule has 0 saturated carbocycles. The molecule has 5 aromatic rings. The fourth-order valence-corrected chi connectivity index (χ4v) is 8.60. The number of carbonyl (C=O) groups is 4. The second-order valence-electron chi connectivity index (χ2n) is 18.4. The maximum Gasteiger partial charge on any atom is 0.410 e. The number of aromatic nitrogens is 2. The number of hydrogen-bond acceptors (Lipinski definition) is 10. The summed E-state index contributed by atoms with van der Waals surface area (Å²) in [6.07, 6.45) is 2.73. The number of fused-ring (bicyclic) bond motifs is 1. The number of piperidine rings is 1. The number of rotatable bonds is 16. The molecule has 1 aliphatic heterocycles. The van der Waals surface area contributed by atoms with Crippen LogP contribution in [0.15, 0.2) is 91.1 Å². The van der Waals surface area contributed by atoms with Crippen molar-refractivity contribution in [1.29, 1.82) is 0 Å². The quantitative estimate of drug-likeness (QED) is 0.0750. The number of esters is 2. The molecule has 1 fully saturated rings. The van der Waals surface area contributed by atoms with E-state index in [9.17, 15) is 19.2 Å². The molecule has 2 amide bonds. The summed E-state index contributed by atoms with van der Waals surface area (Å²) in [4.78, 5) is 58.9. The highest BCUT2D eigenvalue weighted by atomic mass is 16.6. The smallest absolute Gasteiger partial charge is 0.410 e. The molecule has 1 aliphatic rings. The van der Waals surface area contributed by atoms with E-state index in [1.807, 2.05) is 102 Å². The van der Waals surface area contributed by atoms with E-state index in [0.29, 0.717) is 26.1 Å². The molecule has 6 rings (SSSR count). The van der Waals surface area contributed by atoms with Crippen LogP contribution in [0.4, 0.5) is 9.59 Å². The lowest BCUT2D eigenvalue weighted by atomic mass is 9.91. The summed E-state index contributed by atoms with van der Waals surface area (Å²) in [7, 11) is 2.96. The number of pyridine rings is 1. The summed E-state index contributed by atoms with van der Waals surface area (Å²) in [6, 6.07) is 26.5. The number of likely N-dealkylation sites (tertiary alicyclic amines) is 1. The molecule has 0 bridgehead atoms. The Morgan fingerprint density at radius 1 is 0.877 bits per heavy atom. The fourth-order valence-electron chi connectivity index (χ4n) is 8.60. The summed E-state index contributed by atoms with van der Waals surface area (Å²) in [5.41, 5.74) is 6.62. The third-order valence-corrected chi connectivity index (χ3v) is 11.6. The normalized spacial score (nSPS) is 15.2. The van der Waals surface area contributed by atoms with Crippen molar-refractivity contribution in [2.24, 2.45) is 5.92 Å². The Kier molecular flexibility index (Phi) is 15.7. The average molecular weight is 889 g/mol. The number of benzene rings is 3. The largest absolute Gasteiger partial charge is 0.467 e. The van der Waals surface area contributed by atoms with E-state index in [1.165, 1.54) is 7.11 Å². The van der Waals surface area contributed by atoms with Gasteiger partial charge in [0.25, 0.3) is 0 Å². The summed E-state index contributed by atoms with van der Waals surface area (Å²) in [5, 5.41) is 3.68. The lowest BCUT2D eigenvalue weighted by Crippen LogP contribution is -2.43. The van der Waals surface area contributed by atoms with Crippen molar-refractivity contribution in [3.05, 3.63) is 114 Å². The second-order valence-corrected chi connectivity index (χ2v) is 18.4. The van der Waals surface area contributed by atoms with Gasteiger partial charge in [0.15, 0.2) is 0 Å². The number of hydrogen-bond donors (Lipinski definition) is 1. The number of aryl methyl sites for hydroxylation is 1. The molecule has 65 heavy (non-hydrogen) atoms. The molecule has 3 heterocycles. The molecular weight excluding hydrogens is 825 g/mol. The predicted molar refractivity (Wildman–Crippen MR) is 250 cm³/mol. The van der Waals surface area contributed by atoms with E-state index in [2.05, 4.69) is 41.1 Å². The van der Waals surface area contributed by atoms with Gasteiger partial charge in [0.05, 0.1) is 31.0 Å². The van der Waals surface area contributed by atoms with Crippen LogP contribution in [-0.2, 0) is 59.3 Å². The van der Waals surface area contributed by atoms with Crippen LogP contribution in [0.5, 0.6) is 0 Å². The maximum absolute atomic E-state index is 13.8. The highest BCUT2D eigenvalue weighted by molar-refractivity contribution is 5.95. The minimum absolute atomic E-state index is 0.0453. The Bertz CT molecular complexity index is 2460. The zero-order valence-electron chi connectivity index (χ0n) is 39.3. The van der Waals surface area contributed by atoms with Crippen molar-refractivity contribution in [3.8, 4) is 22.4 Å². The van der Waals surface area contributed by atoms with Gasteiger partial charge in [-0.3, -0.25) is 9.78 Å². The highest BCUT2D eigenvalue weighted by Crippen LogP contribution is 2.41. The van der Waals surface area contributed by atoms with Crippen LogP contribution in [0.3, 0.4) is 0 Å². The third kappa shape index (κ3) is 12.5. The number of ether oxygens (including phenoxy) is 5. The molecule has 3 aromatic carbocycles. The molecule has 0 unspecified atom stereocenters. The molecule has 13 heteroatoms. The van der Waals surface area contributed by atoms with Gasteiger partial charge < -0.3 is 38.5 Å². The van der Waals surface area contributed by atoms with Crippen LogP contribution in [0.1, 0.15) is 96.2 Å². The van der Waals surface area contributed by atoms with Gasteiger partial charge in [-0.1, -0.05) is 60.7 Å². The number of nitrogens with one attached hydrogen (secondary N) is 1. The van der Waals surface area contributed by atoms with Crippen LogP contribution in [0.25, 0.3) is 33.3 Å². The van der Waals surface area contributed by atoms with Crippen molar-refractivity contribution in [3.63, 3.8) is 0 Å². The molecular formula is C52H64N4O9. The zero-order valence-corrected chi connectivity index (χ0v) is 39.3. The van der Waals surface area contributed by atoms with Gasteiger partial charge in [-0.05, 0) is 119 Å². The van der Waals surface area contributed by atoms with Crippen LogP contribution < -0.4 is 5.32 Å². The monoisotopic (exact) mass is 888 g/mol. The van der Waals surface area contributed by atoms with Crippen LogP contribution in [0, 0.1) is 5.92 Å². The SMILES string of the molecule is CCn1c(-c2cccnc2[C@H](C)OC)c(CC(C)(C)OC(=O)C[C@@H]2CCCN(C(=O)OC(C)(C)C)C2)c2cc(-c3cccc(C[C@H](NC(=O)OCc4ccccc4)C(=O)OC)c3)ccc21. The molecule has 2 aromatic heterocycles. The molecule has 0 spiro atoms. The Balaban J connectivity index is 1.31. The second kappa shape index (κ2) is 21.2. The Morgan fingerprint density at radius 3 is 2.32 bits per heavy atom. The van der Waals surface area contributed by atoms with Crippen molar-refractivity contribution in [2.45, 2.75) is 117 Å². The van der Waals surface area contributed by atoms with E-state index >= 15 is 0 Å².